The highest BCUT2D eigenvalue weighted by atomic mass is 35.5. The predicted octanol–water partition coefficient (Wildman–Crippen LogP) is 2.82. The lowest BCUT2D eigenvalue weighted by atomic mass is 10.1. The van der Waals surface area contributed by atoms with Gasteiger partial charge in [-0.15, -0.1) is 0 Å². The van der Waals surface area contributed by atoms with Gasteiger partial charge in [0.15, 0.2) is 0 Å². The van der Waals surface area contributed by atoms with Crippen LogP contribution in [0, 0.1) is 0 Å². The van der Waals surface area contributed by atoms with E-state index in [1.807, 2.05) is 18.5 Å². The molecular formula is C12H21ClN2O. The van der Waals surface area contributed by atoms with Crippen LogP contribution in [-0.2, 0) is 19.4 Å². The zero-order valence-electron chi connectivity index (χ0n) is 10.3. The van der Waals surface area contributed by atoms with Gasteiger partial charge >= 0.3 is 0 Å². The summed E-state index contributed by atoms with van der Waals surface area (Å²) in [6.07, 6.45) is 2.93. The van der Waals surface area contributed by atoms with E-state index in [0.29, 0.717) is 6.42 Å². The van der Waals surface area contributed by atoms with Gasteiger partial charge in [-0.1, -0.05) is 31.9 Å². The summed E-state index contributed by atoms with van der Waals surface area (Å²) in [6, 6.07) is 0. The van der Waals surface area contributed by atoms with E-state index in [0.717, 1.165) is 42.2 Å². The molecule has 0 aliphatic rings. The number of rotatable bonds is 6. The molecule has 1 atom stereocenters. The molecule has 0 aromatic carbocycles. The first kappa shape index (κ1) is 13.5. The minimum atomic E-state index is -0.311. The molecule has 92 valence electrons. The normalized spacial score (nSPS) is 13.1. The van der Waals surface area contributed by atoms with Gasteiger partial charge in [-0.25, -0.2) is 0 Å². The molecule has 1 aromatic rings. The number of aryl methyl sites for hydroxylation is 2. The highest BCUT2D eigenvalue weighted by Crippen LogP contribution is 2.23. The SMILES string of the molecule is CCCC(O)Cc1c(Cl)c(CC)nn1CC. The van der Waals surface area contributed by atoms with Crippen molar-refractivity contribution in [1.29, 1.82) is 0 Å². The first-order valence-electron chi connectivity index (χ1n) is 6.06. The summed E-state index contributed by atoms with van der Waals surface area (Å²) in [6.45, 7) is 6.95. The second kappa shape index (κ2) is 6.26. The van der Waals surface area contributed by atoms with Crippen LogP contribution in [0.4, 0.5) is 0 Å². The second-order valence-electron chi connectivity index (χ2n) is 4.02. The Morgan fingerprint density at radius 1 is 1.38 bits per heavy atom. The Bertz CT molecular complexity index is 336. The number of halogens is 1. The van der Waals surface area contributed by atoms with Crippen molar-refractivity contribution in [3.63, 3.8) is 0 Å². The molecule has 0 amide bonds. The van der Waals surface area contributed by atoms with Crippen LogP contribution in [0.2, 0.25) is 5.02 Å². The molecule has 16 heavy (non-hydrogen) atoms. The first-order valence-corrected chi connectivity index (χ1v) is 6.43. The maximum Gasteiger partial charge on any atom is 0.0850 e. The average Bonchev–Trinajstić information content (AvgIpc) is 2.56. The fourth-order valence-electron chi connectivity index (χ4n) is 1.87. The van der Waals surface area contributed by atoms with E-state index in [4.69, 9.17) is 11.6 Å². The summed E-state index contributed by atoms with van der Waals surface area (Å²) in [5.74, 6) is 0. The van der Waals surface area contributed by atoms with Crippen LogP contribution < -0.4 is 0 Å². The Labute approximate surface area is 102 Å². The maximum atomic E-state index is 9.83. The van der Waals surface area contributed by atoms with Crippen LogP contribution in [0.3, 0.4) is 0 Å². The first-order chi connectivity index (χ1) is 7.63. The van der Waals surface area contributed by atoms with Crippen molar-refractivity contribution in [2.24, 2.45) is 0 Å². The lowest BCUT2D eigenvalue weighted by molar-refractivity contribution is 0.161. The van der Waals surface area contributed by atoms with E-state index in [9.17, 15) is 5.11 Å². The van der Waals surface area contributed by atoms with Gasteiger partial charge in [0.2, 0.25) is 0 Å². The van der Waals surface area contributed by atoms with Crippen LogP contribution in [0.15, 0.2) is 0 Å². The number of nitrogens with zero attached hydrogens (tertiary/aromatic N) is 2. The molecule has 1 aromatic heterocycles. The van der Waals surface area contributed by atoms with E-state index in [1.54, 1.807) is 0 Å². The molecule has 1 N–H and O–H groups in total. The molecule has 1 heterocycles. The number of aliphatic hydroxyl groups excluding tert-OH is 1. The van der Waals surface area contributed by atoms with Crippen molar-refractivity contribution in [2.75, 3.05) is 0 Å². The zero-order chi connectivity index (χ0) is 12.1. The predicted molar refractivity (Wildman–Crippen MR) is 66.9 cm³/mol. The largest absolute Gasteiger partial charge is 0.393 e. The van der Waals surface area contributed by atoms with Crippen molar-refractivity contribution in [2.45, 2.75) is 59.1 Å². The Kier molecular flexibility index (Phi) is 5.29. The quantitative estimate of drug-likeness (QED) is 0.836. The maximum absolute atomic E-state index is 9.83. The molecular weight excluding hydrogens is 224 g/mol. The molecule has 0 saturated heterocycles. The molecule has 0 aliphatic heterocycles. The van der Waals surface area contributed by atoms with Crippen molar-refractivity contribution < 1.29 is 5.11 Å². The Morgan fingerprint density at radius 2 is 2.06 bits per heavy atom. The molecule has 0 spiro atoms. The number of aromatic nitrogens is 2. The zero-order valence-corrected chi connectivity index (χ0v) is 11.1. The Hall–Kier alpha value is -0.540. The fourth-order valence-corrected chi connectivity index (χ4v) is 2.22. The van der Waals surface area contributed by atoms with Crippen molar-refractivity contribution in [3.05, 3.63) is 16.4 Å². The molecule has 0 saturated carbocycles. The van der Waals surface area contributed by atoms with E-state index in [1.165, 1.54) is 0 Å². The molecule has 0 radical (unpaired) electrons. The summed E-state index contributed by atoms with van der Waals surface area (Å²) < 4.78 is 1.90. The fraction of sp³-hybridized carbons (Fsp3) is 0.750. The molecule has 1 unspecified atom stereocenters. The van der Waals surface area contributed by atoms with E-state index >= 15 is 0 Å². The van der Waals surface area contributed by atoms with E-state index in [2.05, 4.69) is 12.0 Å². The van der Waals surface area contributed by atoms with Crippen LogP contribution in [-0.4, -0.2) is 21.0 Å². The summed E-state index contributed by atoms with van der Waals surface area (Å²) in [4.78, 5) is 0. The molecule has 4 heteroatoms. The lowest BCUT2D eigenvalue weighted by Crippen LogP contribution is -2.14. The second-order valence-corrected chi connectivity index (χ2v) is 4.40. The van der Waals surface area contributed by atoms with Gasteiger partial charge in [0, 0.05) is 13.0 Å². The standard InChI is InChI=1S/C12H21ClN2O/c1-4-7-9(16)8-11-12(13)10(5-2)14-15(11)6-3/h9,16H,4-8H2,1-3H3. The lowest BCUT2D eigenvalue weighted by Gasteiger charge is -2.10. The van der Waals surface area contributed by atoms with Crippen LogP contribution >= 0.6 is 11.6 Å². The summed E-state index contributed by atoms with van der Waals surface area (Å²) in [5.41, 5.74) is 1.91. The van der Waals surface area contributed by atoms with Crippen LogP contribution in [0.1, 0.15) is 45.0 Å². The average molecular weight is 245 g/mol. The monoisotopic (exact) mass is 244 g/mol. The Morgan fingerprint density at radius 3 is 2.56 bits per heavy atom. The van der Waals surface area contributed by atoms with Gasteiger partial charge in [0.25, 0.3) is 0 Å². The van der Waals surface area contributed by atoms with Gasteiger partial charge in [0.1, 0.15) is 0 Å². The minimum absolute atomic E-state index is 0.311. The molecule has 1 rings (SSSR count). The molecule has 0 aliphatic carbocycles. The topological polar surface area (TPSA) is 38.1 Å². The van der Waals surface area contributed by atoms with E-state index < -0.39 is 0 Å². The third-order valence-corrected chi connectivity index (χ3v) is 3.18. The molecule has 0 fully saturated rings. The van der Waals surface area contributed by atoms with Crippen molar-refractivity contribution in [3.8, 4) is 0 Å². The number of hydrogen-bond donors (Lipinski definition) is 1. The summed E-state index contributed by atoms with van der Waals surface area (Å²) in [5, 5.41) is 15.0. The highest BCUT2D eigenvalue weighted by Gasteiger charge is 2.16. The van der Waals surface area contributed by atoms with Gasteiger partial charge in [0.05, 0.1) is 22.5 Å². The van der Waals surface area contributed by atoms with Crippen molar-refractivity contribution in [1.82, 2.24) is 9.78 Å². The van der Waals surface area contributed by atoms with Gasteiger partial charge < -0.3 is 5.11 Å². The summed E-state index contributed by atoms with van der Waals surface area (Å²) in [7, 11) is 0. The highest BCUT2D eigenvalue weighted by molar-refractivity contribution is 6.31. The third-order valence-electron chi connectivity index (χ3n) is 2.75. The van der Waals surface area contributed by atoms with Crippen molar-refractivity contribution >= 4 is 11.6 Å². The van der Waals surface area contributed by atoms with Gasteiger partial charge in [-0.05, 0) is 19.8 Å². The Balaban J connectivity index is 2.88. The van der Waals surface area contributed by atoms with Crippen LogP contribution in [0.25, 0.3) is 0 Å². The number of hydrogen-bond acceptors (Lipinski definition) is 2. The summed E-state index contributed by atoms with van der Waals surface area (Å²) >= 11 is 6.26. The molecule has 0 bridgehead atoms. The van der Waals surface area contributed by atoms with Gasteiger partial charge in [-0.2, -0.15) is 5.10 Å². The number of aliphatic hydroxyl groups is 1. The molecule has 3 nitrogen and oxygen atoms in total. The smallest absolute Gasteiger partial charge is 0.0850 e. The third kappa shape index (κ3) is 2.98. The van der Waals surface area contributed by atoms with E-state index in [-0.39, 0.29) is 6.10 Å². The minimum Gasteiger partial charge on any atom is -0.393 e. The van der Waals surface area contributed by atoms with Crippen LogP contribution in [0.5, 0.6) is 0 Å². The van der Waals surface area contributed by atoms with Gasteiger partial charge in [-0.3, -0.25) is 4.68 Å².